The van der Waals surface area contributed by atoms with Crippen LogP contribution in [0.15, 0.2) is 48.9 Å². The minimum absolute atomic E-state index is 0.103. The zero-order chi connectivity index (χ0) is 16.0. The van der Waals surface area contributed by atoms with E-state index in [1.54, 1.807) is 6.20 Å². The summed E-state index contributed by atoms with van der Waals surface area (Å²) < 4.78 is 2.22. The van der Waals surface area contributed by atoms with Crippen molar-refractivity contribution < 1.29 is 4.79 Å². The average Bonchev–Trinajstić information content (AvgIpc) is 3.07. The van der Waals surface area contributed by atoms with Gasteiger partial charge in [0.1, 0.15) is 0 Å². The number of nitrogens with one attached hydrogen (secondary N) is 1. The van der Waals surface area contributed by atoms with Crippen LogP contribution in [-0.2, 0) is 17.9 Å². The van der Waals surface area contributed by atoms with E-state index in [4.69, 9.17) is 0 Å². The minimum atomic E-state index is 0.103. The highest BCUT2D eigenvalue weighted by atomic mass is 16.1. The van der Waals surface area contributed by atoms with Crippen molar-refractivity contribution in [2.75, 3.05) is 0 Å². The average molecular weight is 311 g/mol. The zero-order valence-corrected chi connectivity index (χ0v) is 13.6. The van der Waals surface area contributed by atoms with Crippen LogP contribution in [0.2, 0.25) is 0 Å². The molecular formula is C19H25N3O. The number of amides is 1. The third-order valence-electron chi connectivity index (χ3n) is 4.83. The third-order valence-corrected chi connectivity index (χ3v) is 4.83. The molecule has 1 N–H and O–H groups in total. The van der Waals surface area contributed by atoms with Crippen LogP contribution < -0.4 is 5.32 Å². The number of hydrogen-bond acceptors (Lipinski definition) is 2. The fraction of sp³-hybridized carbons (Fsp3) is 0.474. The molecule has 23 heavy (non-hydrogen) atoms. The van der Waals surface area contributed by atoms with Crippen molar-refractivity contribution in [2.24, 2.45) is 5.41 Å². The monoisotopic (exact) mass is 311 g/mol. The lowest BCUT2D eigenvalue weighted by Crippen LogP contribution is -2.36. The Morgan fingerprint density at radius 3 is 2.61 bits per heavy atom. The molecular weight excluding hydrogens is 286 g/mol. The number of pyridine rings is 1. The van der Waals surface area contributed by atoms with Crippen LogP contribution in [0.1, 0.15) is 44.2 Å². The molecule has 3 rings (SSSR count). The highest BCUT2D eigenvalue weighted by molar-refractivity contribution is 5.76. The molecule has 1 saturated carbocycles. The molecule has 1 fully saturated rings. The normalized spacial score (nSPS) is 16.9. The van der Waals surface area contributed by atoms with Gasteiger partial charge in [0, 0.05) is 31.6 Å². The van der Waals surface area contributed by atoms with Gasteiger partial charge in [-0.25, -0.2) is 0 Å². The summed E-state index contributed by atoms with van der Waals surface area (Å²) in [5.41, 5.74) is 1.01. The summed E-state index contributed by atoms with van der Waals surface area (Å²) in [6.45, 7) is 1.45. The van der Waals surface area contributed by atoms with Gasteiger partial charge >= 0.3 is 0 Å². The van der Waals surface area contributed by atoms with E-state index in [2.05, 4.69) is 39.4 Å². The van der Waals surface area contributed by atoms with Crippen LogP contribution in [0.3, 0.4) is 0 Å². The summed E-state index contributed by atoms with van der Waals surface area (Å²) >= 11 is 0. The first-order valence-electron chi connectivity index (χ1n) is 8.53. The Balaban J connectivity index is 1.60. The minimum Gasteiger partial charge on any atom is -0.354 e. The van der Waals surface area contributed by atoms with Crippen LogP contribution in [-0.4, -0.2) is 15.5 Å². The zero-order valence-electron chi connectivity index (χ0n) is 13.6. The second-order valence-corrected chi connectivity index (χ2v) is 6.69. The van der Waals surface area contributed by atoms with E-state index >= 15 is 0 Å². The summed E-state index contributed by atoms with van der Waals surface area (Å²) in [6.07, 6.45) is 12.6. The SMILES string of the molecule is O=C(CC1(Cn2cccc2)CCCCC1)NCc1ccccn1. The maximum atomic E-state index is 12.5. The number of carbonyl (C=O) groups excluding carboxylic acids is 1. The topological polar surface area (TPSA) is 46.9 Å². The molecule has 4 nitrogen and oxygen atoms in total. The molecule has 0 aliphatic heterocycles. The number of rotatable bonds is 6. The Kier molecular flexibility index (Phi) is 5.11. The van der Waals surface area contributed by atoms with Crippen LogP contribution >= 0.6 is 0 Å². The van der Waals surface area contributed by atoms with Crippen molar-refractivity contribution in [3.63, 3.8) is 0 Å². The first-order valence-corrected chi connectivity index (χ1v) is 8.53. The molecule has 2 aromatic rings. The quantitative estimate of drug-likeness (QED) is 0.887. The Labute approximate surface area is 137 Å². The fourth-order valence-corrected chi connectivity index (χ4v) is 3.65. The molecule has 122 valence electrons. The molecule has 0 atom stereocenters. The molecule has 0 radical (unpaired) electrons. The fourth-order valence-electron chi connectivity index (χ4n) is 3.65. The first-order chi connectivity index (χ1) is 11.3. The second-order valence-electron chi connectivity index (χ2n) is 6.69. The molecule has 1 aliphatic carbocycles. The Bertz CT molecular complexity index is 601. The van der Waals surface area contributed by atoms with Crippen LogP contribution in [0.5, 0.6) is 0 Å². The predicted molar refractivity (Wildman–Crippen MR) is 90.7 cm³/mol. The molecule has 4 heteroatoms. The van der Waals surface area contributed by atoms with Gasteiger partial charge in [0.05, 0.1) is 12.2 Å². The summed E-state index contributed by atoms with van der Waals surface area (Å²) in [5.74, 6) is 0.143. The van der Waals surface area contributed by atoms with Crippen molar-refractivity contribution in [3.05, 3.63) is 54.6 Å². The molecule has 0 saturated heterocycles. The Morgan fingerprint density at radius 1 is 1.13 bits per heavy atom. The van der Waals surface area contributed by atoms with Crippen LogP contribution in [0.25, 0.3) is 0 Å². The van der Waals surface area contributed by atoms with Gasteiger partial charge in [0.25, 0.3) is 0 Å². The second kappa shape index (κ2) is 7.44. The number of hydrogen-bond donors (Lipinski definition) is 1. The third kappa shape index (κ3) is 4.44. The van der Waals surface area contributed by atoms with Crippen molar-refractivity contribution in [3.8, 4) is 0 Å². The molecule has 2 aromatic heterocycles. The van der Waals surface area contributed by atoms with Gasteiger partial charge < -0.3 is 9.88 Å². The smallest absolute Gasteiger partial charge is 0.220 e. The summed E-state index contributed by atoms with van der Waals surface area (Å²) in [7, 11) is 0. The highest BCUT2D eigenvalue weighted by Crippen LogP contribution is 2.40. The summed E-state index contributed by atoms with van der Waals surface area (Å²) in [5, 5.41) is 3.04. The lowest BCUT2D eigenvalue weighted by molar-refractivity contribution is -0.124. The largest absolute Gasteiger partial charge is 0.354 e. The maximum absolute atomic E-state index is 12.5. The Morgan fingerprint density at radius 2 is 1.91 bits per heavy atom. The number of carbonyl (C=O) groups is 1. The van der Waals surface area contributed by atoms with Crippen LogP contribution in [0.4, 0.5) is 0 Å². The van der Waals surface area contributed by atoms with E-state index in [0.717, 1.165) is 25.1 Å². The maximum Gasteiger partial charge on any atom is 0.220 e. The van der Waals surface area contributed by atoms with Crippen molar-refractivity contribution in [1.82, 2.24) is 14.9 Å². The molecule has 1 aliphatic rings. The Hall–Kier alpha value is -2.10. The van der Waals surface area contributed by atoms with Gasteiger partial charge in [-0.3, -0.25) is 9.78 Å². The van der Waals surface area contributed by atoms with Gasteiger partial charge in [0.2, 0.25) is 5.91 Å². The van der Waals surface area contributed by atoms with Gasteiger partial charge in [-0.2, -0.15) is 0 Å². The molecule has 0 spiro atoms. The van der Waals surface area contributed by atoms with E-state index in [1.807, 2.05) is 18.2 Å². The lowest BCUT2D eigenvalue weighted by Gasteiger charge is -2.37. The van der Waals surface area contributed by atoms with Gasteiger partial charge in [-0.1, -0.05) is 25.3 Å². The molecule has 2 heterocycles. The summed E-state index contributed by atoms with van der Waals surface area (Å²) in [6, 6.07) is 9.88. The van der Waals surface area contributed by atoms with Crippen LogP contribution in [0, 0.1) is 5.41 Å². The van der Waals surface area contributed by atoms with E-state index in [0.29, 0.717) is 13.0 Å². The van der Waals surface area contributed by atoms with Crippen molar-refractivity contribution in [1.29, 1.82) is 0 Å². The van der Waals surface area contributed by atoms with E-state index in [-0.39, 0.29) is 11.3 Å². The van der Waals surface area contributed by atoms with E-state index in [9.17, 15) is 4.79 Å². The predicted octanol–water partition coefficient (Wildman–Crippen LogP) is 3.54. The molecule has 0 unspecified atom stereocenters. The van der Waals surface area contributed by atoms with Gasteiger partial charge in [-0.05, 0) is 42.5 Å². The number of aromatic nitrogens is 2. The standard InChI is InChI=1S/C19H25N3O/c23-18(21-15-17-8-2-5-11-20-17)14-19(9-3-1-4-10-19)16-22-12-6-7-13-22/h2,5-8,11-13H,1,3-4,9-10,14-16H2,(H,21,23). The number of nitrogens with zero attached hydrogens (tertiary/aromatic N) is 2. The molecule has 0 bridgehead atoms. The first kappa shape index (κ1) is 15.8. The molecule has 1 amide bonds. The summed E-state index contributed by atoms with van der Waals surface area (Å²) in [4.78, 5) is 16.7. The van der Waals surface area contributed by atoms with Gasteiger partial charge in [-0.15, -0.1) is 0 Å². The van der Waals surface area contributed by atoms with Crippen molar-refractivity contribution >= 4 is 5.91 Å². The van der Waals surface area contributed by atoms with E-state index in [1.165, 1.54) is 19.3 Å². The van der Waals surface area contributed by atoms with Gasteiger partial charge in [0.15, 0.2) is 0 Å². The lowest BCUT2D eigenvalue weighted by atomic mass is 9.71. The van der Waals surface area contributed by atoms with E-state index < -0.39 is 0 Å². The highest BCUT2D eigenvalue weighted by Gasteiger charge is 2.34. The molecule has 0 aromatic carbocycles. The van der Waals surface area contributed by atoms with Crippen molar-refractivity contribution in [2.45, 2.75) is 51.6 Å².